The Morgan fingerprint density at radius 3 is 2.52 bits per heavy atom. The molecule has 2 aromatic heterocycles. The highest BCUT2D eigenvalue weighted by Crippen LogP contribution is 2.31. The lowest BCUT2D eigenvalue weighted by atomic mass is 9.92. The van der Waals surface area contributed by atoms with Gasteiger partial charge in [-0.05, 0) is 69.0 Å². The molecule has 0 saturated carbocycles. The van der Waals surface area contributed by atoms with Gasteiger partial charge in [0.2, 0.25) is 11.8 Å². The first-order valence-electron chi connectivity index (χ1n) is 16.3. The maximum Gasteiger partial charge on any atom is 0.327 e. The maximum atomic E-state index is 15.4. The number of carbonyl (C=O) groups excluding carboxylic acids is 2. The molecular weight excluding hydrogens is 605 g/mol. The first-order valence-corrected chi connectivity index (χ1v) is 16.8. The highest BCUT2D eigenvalue weighted by atomic mass is 32.1. The number of benzene rings is 1. The predicted octanol–water partition coefficient (Wildman–Crippen LogP) is 4.32. The number of piperidine rings is 1. The van der Waals surface area contributed by atoms with E-state index in [1.807, 2.05) is 26.2 Å². The zero-order valence-corrected chi connectivity index (χ0v) is 28.6. The number of hydrogen-bond acceptors (Lipinski definition) is 7. The number of para-hydroxylation sites is 1. The number of nitrogens with one attached hydrogen (secondary N) is 1. The standard InChI is InChI=1S/C34H48FN7O3S/c1-34(2,3)14-19-41(21-23-8-6-9-26(35)30(23)40-18-13-25(22-40)38(4)5)32(44)28(46)20-29(43)39-16-11-24(12-17-39)42-27-10-7-15-36-31(27)37-33(42)45/h6-10,15,24-25,28,46H,11-14,16-22H2,1-5H3,(H,36,37,45)/t25?,28-/m0/s1. The summed E-state index contributed by atoms with van der Waals surface area (Å²) in [5, 5.41) is -0.825. The van der Waals surface area contributed by atoms with Gasteiger partial charge in [0, 0.05) is 64.0 Å². The molecule has 2 atom stereocenters. The number of rotatable bonds is 10. The number of halogens is 1. The van der Waals surface area contributed by atoms with Gasteiger partial charge in [0.15, 0.2) is 5.65 Å². The normalized spacial score (nSPS) is 18.5. The van der Waals surface area contributed by atoms with E-state index in [9.17, 15) is 14.4 Å². The van der Waals surface area contributed by atoms with E-state index in [4.69, 9.17) is 0 Å². The van der Waals surface area contributed by atoms with Crippen LogP contribution in [0, 0.1) is 11.2 Å². The number of aromatic amines is 1. The molecule has 3 aromatic rings. The summed E-state index contributed by atoms with van der Waals surface area (Å²) in [5.74, 6) is -0.641. The molecule has 46 heavy (non-hydrogen) atoms. The van der Waals surface area contributed by atoms with Gasteiger partial charge in [0.1, 0.15) is 5.82 Å². The molecule has 1 aromatic carbocycles. The van der Waals surface area contributed by atoms with E-state index in [-0.39, 0.29) is 47.7 Å². The molecule has 5 rings (SSSR count). The van der Waals surface area contributed by atoms with Gasteiger partial charge in [0.05, 0.1) is 16.5 Å². The third kappa shape index (κ3) is 7.76. The van der Waals surface area contributed by atoms with E-state index < -0.39 is 5.25 Å². The second kappa shape index (κ2) is 14.2. The SMILES string of the molecule is CN(C)C1CCN(c2c(F)cccc2CN(CCC(C)(C)C)C(=O)[C@@H](S)CC(=O)N2CCC(n3c(=O)[nH]c4ncccc43)CC2)C1. The molecule has 2 aliphatic heterocycles. The van der Waals surface area contributed by atoms with Crippen LogP contribution >= 0.6 is 12.6 Å². The van der Waals surface area contributed by atoms with E-state index in [1.54, 1.807) is 32.7 Å². The fourth-order valence-corrected chi connectivity index (χ4v) is 6.96. The lowest BCUT2D eigenvalue weighted by Gasteiger charge is -2.34. The van der Waals surface area contributed by atoms with Crippen LogP contribution in [0.2, 0.25) is 0 Å². The van der Waals surface area contributed by atoms with Crippen LogP contribution in [-0.4, -0.2) is 99.2 Å². The van der Waals surface area contributed by atoms with Crippen molar-refractivity contribution in [3.05, 3.63) is 58.4 Å². The molecule has 2 fully saturated rings. The molecule has 2 aliphatic rings. The molecule has 1 unspecified atom stereocenters. The fraction of sp³-hybridized carbons (Fsp3) is 0.588. The van der Waals surface area contributed by atoms with E-state index in [2.05, 4.69) is 53.2 Å². The molecule has 250 valence electrons. The number of likely N-dealkylation sites (tertiary alicyclic amines) is 1. The molecule has 2 amide bonds. The molecular formula is C34H48FN7O3S. The van der Waals surface area contributed by atoms with Crippen LogP contribution in [0.15, 0.2) is 41.3 Å². The monoisotopic (exact) mass is 653 g/mol. The van der Waals surface area contributed by atoms with Crippen molar-refractivity contribution in [3.8, 4) is 0 Å². The van der Waals surface area contributed by atoms with Crippen molar-refractivity contribution < 1.29 is 14.0 Å². The van der Waals surface area contributed by atoms with E-state index >= 15 is 4.39 Å². The molecule has 4 heterocycles. The minimum atomic E-state index is -0.825. The van der Waals surface area contributed by atoms with Gasteiger partial charge in [-0.2, -0.15) is 12.6 Å². The first kappa shape index (κ1) is 34.0. The summed E-state index contributed by atoms with van der Waals surface area (Å²) >= 11 is 4.66. The number of imidazole rings is 1. The van der Waals surface area contributed by atoms with Crippen LogP contribution in [0.1, 0.15) is 64.5 Å². The number of nitrogens with zero attached hydrogens (tertiary/aromatic N) is 6. The quantitative estimate of drug-likeness (QED) is 0.317. The Morgan fingerprint density at radius 2 is 1.85 bits per heavy atom. The molecule has 1 N–H and O–H groups in total. The van der Waals surface area contributed by atoms with Gasteiger partial charge >= 0.3 is 5.69 Å². The number of hydrogen-bond donors (Lipinski definition) is 2. The number of carbonyl (C=O) groups is 2. The second-order valence-corrected chi connectivity index (χ2v) is 14.8. The van der Waals surface area contributed by atoms with Crippen LogP contribution in [0.5, 0.6) is 0 Å². The minimum Gasteiger partial charge on any atom is -0.367 e. The number of H-pyrrole nitrogens is 1. The van der Waals surface area contributed by atoms with Crippen LogP contribution in [0.25, 0.3) is 11.2 Å². The van der Waals surface area contributed by atoms with Crippen molar-refractivity contribution in [1.29, 1.82) is 0 Å². The van der Waals surface area contributed by atoms with Gasteiger partial charge < -0.3 is 19.6 Å². The van der Waals surface area contributed by atoms with Crippen molar-refractivity contribution >= 4 is 41.3 Å². The molecule has 0 aliphatic carbocycles. The van der Waals surface area contributed by atoms with Crippen molar-refractivity contribution in [2.75, 3.05) is 51.7 Å². The van der Waals surface area contributed by atoms with Crippen LogP contribution in [0.3, 0.4) is 0 Å². The Labute approximate surface area is 276 Å². The van der Waals surface area contributed by atoms with Crippen LogP contribution < -0.4 is 10.6 Å². The average Bonchev–Trinajstić information content (AvgIpc) is 3.63. The predicted molar refractivity (Wildman–Crippen MR) is 183 cm³/mol. The maximum absolute atomic E-state index is 15.4. The van der Waals surface area contributed by atoms with Gasteiger partial charge in [-0.25, -0.2) is 14.2 Å². The lowest BCUT2D eigenvalue weighted by Crippen LogP contribution is -2.44. The highest BCUT2D eigenvalue weighted by molar-refractivity contribution is 7.81. The van der Waals surface area contributed by atoms with Crippen molar-refractivity contribution in [1.82, 2.24) is 29.2 Å². The van der Waals surface area contributed by atoms with E-state index in [0.717, 1.165) is 37.0 Å². The summed E-state index contributed by atoms with van der Waals surface area (Å²) in [7, 11) is 4.09. The third-order valence-corrected chi connectivity index (χ3v) is 9.81. The van der Waals surface area contributed by atoms with Gasteiger partial charge in [-0.1, -0.05) is 32.9 Å². The average molecular weight is 654 g/mol. The summed E-state index contributed by atoms with van der Waals surface area (Å²) in [6.45, 7) is 9.55. The number of aromatic nitrogens is 3. The summed E-state index contributed by atoms with van der Waals surface area (Å²) in [6, 6.07) is 9.06. The first-order chi connectivity index (χ1) is 21.8. The minimum absolute atomic E-state index is 0.0216. The topological polar surface area (TPSA) is 97.8 Å². The Hall–Kier alpha value is -3.38. The van der Waals surface area contributed by atoms with Gasteiger partial charge in [-0.15, -0.1) is 0 Å². The number of anilines is 1. The summed E-state index contributed by atoms with van der Waals surface area (Å²) in [4.78, 5) is 54.8. The van der Waals surface area contributed by atoms with Gasteiger partial charge in [-0.3, -0.25) is 19.1 Å². The molecule has 0 radical (unpaired) electrons. The smallest absolute Gasteiger partial charge is 0.327 e. The summed E-state index contributed by atoms with van der Waals surface area (Å²) in [5.41, 5.74) is 2.42. The number of fused-ring (bicyclic) bond motifs is 1. The van der Waals surface area contributed by atoms with Crippen molar-refractivity contribution in [2.45, 2.75) is 76.8 Å². The number of likely N-dealkylation sites (N-methyl/N-ethyl adjacent to an activating group) is 1. The van der Waals surface area contributed by atoms with Crippen LogP contribution in [0.4, 0.5) is 10.1 Å². The van der Waals surface area contributed by atoms with E-state index in [0.29, 0.717) is 49.9 Å². The van der Waals surface area contributed by atoms with Crippen molar-refractivity contribution in [2.24, 2.45) is 5.41 Å². The highest BCUT2D eigenvalue weighted by Gasteiger charge is 2.32. The summed E-state index contributed by atoms with van der Waals surface area (Å²) in [6.07, 6.45) is 4.58. The number of pyridine rings is 1. The Morgan fingerprint density at radius 1 is 1.11 bits per heavy atom. The Balaban J connectivity index is 1.25. The molecule has 12 heteroatoms. The third-order valence-electron chi connectivity index (χ3n) is 9.41. The Bertz CT molecular complexity index is 1590. The largest absolute Gasteiger partial charge is 0.367 e. The number of thiol groups is 1. The number of amides is 2. The molecule has 0 bridgehead atoms. The lowest BCUT2D eigenvalue weighted by molar-refractivity contribution is -0.137. The Kier molecular flexibility index (Phi) is 10.5. The second-order valence-electron chi connectivity index (χ2n) is 14.2. The fourth-order valence-electron chi connectivity index (χ4n) is 6.64. The molecule has 2 saturated heterocycles. The zero-order chi connectivity index (χ0) is 33.2. The zero-order valence-electron chi connectivity index (χ0n) is 27.7. The van der Waals surface area contributed by atoms with Gasteiger partial charge in [0.25, 0.3) is 0 Å². The summed E-state index contributed by atoms with van der Waals surface area (Å²) < 4.78 is 17.1. The van der Waals surface area contributed by atoms with Crippen LogP contribution in [-0.2, 0) is 16.1 Å². The van der Waals surface area contributed by atoms with Crippen molar-refractivity contribution in [3.63, 3.8) is 0 Å². The van der Waals surface area contributed by atoms with E-state index in [1.165, 1.54) is 6.07 Å². The molecule has 10 nitrogen and oxygen atoms in total. The molecule has 0 spiro atoms.